The molecule has 2 heterocycles. The molecule has 0 aromatic carbocycles. The molecule has 1 aliphatic rings. The molecule has 6 heteroatoms. The molecule has 1 saturated heterocycles. The molecular weight excluding hydrogens is 270 g/mol. The number of hydrogen-bond donors (Lipinski definition) is 1. The molecule has 2 rings (SSSR count). The number of morpholine rings is 1. The van der Waals surface area contributed by atoms with Crippen LogP contribution in [0.3, 0.4) is 0 Å². The number of aromatic nitrogens is 1. The summed E-state index contributed by atoms with van der Waals surface area (Å²) < 4.78 is 5.23. The van der Waals surface area contributed by atoms with Crippen LogP contribution in [0.4, 0.5) is 0 Å². The number of rotatable bonds is 2. The van der Waals surface area contributed by atoms with Gasteiger partial charge in [-0.15, -0.1) is 0 Å². The van der Waals surface area contributed by atoms with E-state index in [2.05, 4.69) is 10.3 Å². The molecule has 1 aromatic rings. The summed E-state index contributed by atoms with van der Waals surface area (Å²) in [4.78, 5) is 30.2. The number of amides is 2. The maximum absolute atomic E-state index is 12.4. The molecule has 6 nitrogen and oxygen atoms in total. The minimum atomic E-state index is -0.344. The fourth-order valence-electron chi connectivity index (χ4n) is 2.04. The highest BCUT2D eigenvalue weighted by Crippen LogP contribution is 2.09. The first-order chi connectivity index (χ1) is 9.87. The SMILES string of the molecule is CC(C)(C)NC(=O)c1cc(C(=O)N2CCOCC2)ccn1. The van der Waals surface area contributed by atoms with Crippen molar-refractivity contribution in [1.29, 1.82) is 0 Å². The second kappa shape index (κ2) is 6.22. The van der Waals surface area contributed by atoms with Gasteiger partial charge in [-0.2, -0.15) is 0 Å². The van der Waals surface area contributed by atoms with Gasteiger partial charge >= 0.3 is 0 Å². The van der Waals surface area contributed by atoms with Gasteiger partial charge in [-0.25, -0.2) is 0 Å². The highest BCUT2D eigenvalue weighted by Gasteiger charge is 2.21. The number of hydrogen-bond acceptors (Lipinski definition) is 4. The third-order valence-corrected chi connectivity index (χ3v) is 3.03. The second-order valence-corrected chi connectivity index (χ2v) is 6.04. The van der Waals surface area contributed by atoms with Crippen molar-refractivity contribution in [2.45, 2.75) is 26.3 Å². The largest absolute Gasteiger partial charge is 0.378 e. The first-order valence-corrected chi connectivity index (χ1v) is 7.02. The molecule has 0 bridgehead atoms. The van der Waals surface area contributed by atoms with E-state index in [1.54, 1.807) is 17.0 Å². The fraction of sp³-hybridized carbons (Fsp3) is 0.533. The molecule has 1 N–H and O–H groups in total. The lowest BCUT2D eigenvalue weighted by atomic mass is 10.1. The Morgan fingerprint density at radius 3 is 2.57 bits per heavy atom. The molecule has 114 valence electrons. The van der Waals surface area contributed by atoms with Crippen molar-refractivity contribution < 1.29 is 14.3 Å². The maximum Gasteiger partial charge on any atom is 0.270 e. The van der Waals surface area contributed by atoms with E-state index in [0.29, 0.717) is 31.9 Å². The van der Waals surface area contributed by atoms with Crippen LogP contribution in [0.15, 0.2) is 18.3 Å². The molecule has 21 heavy (non-hydrogen) atoms. The van der Waals surface area contributed by atoms with Crippen LogP contribution in [0.5, 0.6) is 0 Å². The van der Waals surface area contributed by atoms with Crippen LogP contribution in [0.2, 0.25) is 0 Å². The number of nitrogens with zero attached hydrogens (tertiary/aromatic N) is 2. The average Bonchev–Trinajstić information content (AvgIpc) is 2.46. The van der Waals surface area contributed by atoms with Gasteiger partial charge in [-0.3, -0.25) is 14.6 Å². The zero-order valence-corrected chi connectivity index (χ0v) is 12.7. The van der Waals surface area contributed by atoms with Crippen molar-refractivity contribution >= 4 is 11.8 Å². The highest BCUT2D eigenvalue weighted by molar-refractivity contribution is 5.98. The molecule has 1 aliphatic heterocycles. The van der Waals surface area contributed by atoms with Gasteiger partial charge in [0.2, 0.25) is 0 Å². The molecule has 0 unspecified atom stereocenters. The average molecular weight is 291 g/mol. The summed E-state index contributed by atoms with van der Waals surface area (Å²) in [6.45, 7) is 7.94. The van der Waals surface area contributed by atoms with Crippen molar-refractivity contribution in [3.05, 3.63) is 29.6 Å². The van der Waals surface area contributed by atoms with Crippen LogP contribution in [-0.2, 0) is 4.74 Å². The summed E-state index contributed by atoms with van der Waals surface area (Å²) in [5.41, 5.74) is 0.387. The molecule has 1 fully saturated rings. The van der Waals surface area contributed by atoms with Crippen LogP contribution in [0.25, 0.3) is 0 Å². The van der Waals surface area contributed by atoms with Crippen molar-refractivity contribution in [2.75, 3.05) is 26.3 Å². The smallest absolute Gasteiger partial charge is 0.270 e. The number of ether oxygens (including phenoxy) is 1. The van der Waals surface area contributed by atoms with Crippen LogP contribution < -0.4 is 5.32 Å². The summed E-state index contributed by atoms with van der Waals surface area (Å²) >= 11 is 0. The fourth-order valence-corrected chi connectivity index (χ4v) is 2.04. The van der Waals surface area contributed by atoms with E-state index < -0.39 is 0 Å². The predicted molar refractivity (Wildman–Crippen MR) is 78.2 cm³/mol. The number of carbonyl (C=O) groups is 2. The molecule has 0 radical (unpaired) electrons. The molecule has 0 atom stereocenters. The quantitative estimate of drug-likeness (QED) is 0.885. The Balaban J connectivity index is 2.13. The minimum Gasteiger partial charge on any atom is -0.378 e. The van der Waals surface area contributed by atoms with Gasteiger partial charge in [0.25, 0.3) is 11.8 Å². The van der Waals surface area contributed by atoms with Crippen LogP contribution in [0.1, 0.15) is 41.6 Å². The molecular formula is C15H21N3O3. The lowest BCUT2D eigenvalue weighted by Crippen LogP contribution is -2.42. The number of nitrogens with one attached hydrogen (secondary N) is 1. The first-order valence-electron chi connectivity index (χ1n) is 7.02. The van der Waals surface area contributed by atoms with Crippen LogP contribution in [-0.4, -0.2) is 53.5 Å². The summed E-state index contributed by atoms with van der Waals surface area (Å²) in [5.74, 6) is -0.371. The number of pyridine rings is 1. The third-order valence-electron chi connectivity index (χ3n) is 3.03. The van der Waals surface area contributed by atoms with Gasteiger partial charge in [0.15, 0.2) is 0 Å². The van der Waals surface area contributed by atoms with E-state index in [1.807, 2.05) is 20.8 Å². The van der Waals surface area contributed by atoms with Gasteiger partial charge < -0.3 is 15.0 Å². The Morgan fingerprint density at radius 2 is 1.95 bits per heavy atom. The zero-order valence-electron chi connectivity index (χ0n) is 12.7. The normalized spacial score (nSPS) is 15.7. The Bertz CT molecular complexity index is 531. The standard InChI is InChI=1S/C15H21N3O3/c1-15(2,3)17-13(19)12-10-11(4-5-16-12)14(20)18-6-8-21-9-7-18/h4-5,10H,6-9H2,1-3H3,(H,17,19). The Morgan fingerprint density at radius 1 is 1.29 bits per heavy atom. The molecule has 0 aliphatic carbocycles. The Labute approximate surface area is 124 Å². The second-order valence-electron chi connectivity index (χ2n) is 6.04. The van der Waals surface area contributed by atoms with Gasteiger partial charge in [-0.05, 0) is 32.9 Å². The van der Waals surface area contributed by atoms with Crippen LogP contribution in [0, 0.1) is 0 Å². The lowest BCUT2D eigenvalue weighted by Gasteiger charge is -2.27. The summed E-state index contributed by atoms with van der Waals surface area (Å²) in [6.07, 6.45) is 1.49. The number of carbonyl (C=O) groups excluding carboxylic acids is 2. The maximum atomic E-state index is 12.4. The van der Waals surface area contributed by atoms with Gasteiger partial charge in [0.1, 0.15) is 5.69 Å². The van der Waals surface area contributed by atoms with E-state index in [1.165, 1.54) is 6.20 Å². The molecule has 0 saturated carbocycles. The Kier molecular flexibility index (Phi) is 4.57. The molecule has 2 amide bonds. The van der Waals surface area contributed by atoms with E-state index >= 15 is 0 Å². The van der Waals surface area contributed by atoms with Crippen molar-refractivity contribution in [1.82, 2.24) is 15.2 Å². The van der Waals surface area contributed by atoms with Crippen molar-refractivity contribution in [3.8, 4) is 0 Å². The molecule has 0 spiro atoms. The third kappa shape index (κ3) is 4.26. The first kappa shape index (κ1) is 15.4. The van der Waals surface area contributed by atoms with Crippen molar-refractivity contribution in [2.24, 2.45) is 0 Å². The van der Waals surface area contributed by atoms with E-state index in [4.69, 9.17) is 4.74 Å². The van der Waals surface area contributed by atoms with Gasteiger partial charge in [0, 0.05) is 30.4 Å². The highest BCUT2D eigenvalue weighted by atomic mass is 16.5. The van der Waals surface area contributed by atoms with E-state index in [9.17, 15) is 9.59 Å². The van der Waals surface area contributed by atoms with Gasteiger partial charge in [-0.1, -0.05) is 0 Å². The zero-order chi connectivity index (χ0) is 15.5. The summed E-state index contributed by atoms with van der Waals surface area (Å²) in [7, 11) is 0. The minimum absolute atomic E-state index is 0.0921. The predicted octanol–water partition coefficient (Wildman–Crippen LogP) is 1.08. The van der Waals surface area contributed by atoms with E-state index in [0.717, 1.165) is 0 Å². The Hall–Kier alpha value is -1.95. The lowest BCUT2D eigenvalue weighted by molar-refractivity contribution is 0.0303. The van der Waals surface area contributed by atoms with E-state index in [-0.39, 0.29) is 23.0 Å². The topological polar surface area (TPSA) is 71.5 Å². The van der Waals surface area contributed by atoms with Crippen molar-refractivity contribution in [3.63, 3.8) is 0 Å². The monoisotopic (exact) mass is 291 g/mol. The summed E-state index contributed by atoms with van der Waals surface area (Å²) in [5, 5.41) is 2.83. The summed E-state index contributed by atoms with van der Waals surface area (Å²) in [6, 6.07) is 3.17. The van der Waals surface area contributed by atoms with Gasteiger partial charge in [0.05, 0.1) is 13.2 Å². The molecule has 1 aromatic heterocycles. The van der Waals surface area contributed by atoms with Crippen LogP contribution >= 0.6 is 0 Å².